The molecule has 23 heavy (non-hydrogen) atoms. The zero-order chi connectivity index (χ0) is 16.5. The lowest BCUT2D eigenvalue weighted by Crippen LogP contribution is -2.26. The number of nitriles is 1. The van der Waals surface area contributed by atoms with Crippen molar-refractivity contribution in [1.82, 2.24) is 15.5 Å². The van der Waals surface area contributed by atoms with E-state index in [0.717, 1.165) is 12.1 Å². The van der Waals surface area contributed by atoms with Gasteiger partial charge in [0.1, 0.15) is 0 Å². The second-order valence-electron chi connectivity index (χ2n) is 4.72. The van der Waals surface area contributed by atoms with Crippen molar-refractivity contribution in [2.24, 2.45) is 0 Å². The highest BCUT2D eigenvalue weighted by atomic mass is 16.5. The standard InChI is InChI=1S/C16H17N5O2/c1-23-10-2-9-18-16(22)14-7-8-15(21-20-14)19-13-5-3-12(11-17)4-6-13/h3-8H,2,9-10H2,1H3,(H,18,22)(H,19,21). The smallest absolute Gasteiger partial charge is 0.271 e. The molecule has 0 unspecified atom stereocenters. The van der Waals surface area contributed by atoms with Crippen LogP contribution >= 0.6 is 0 Å². The highest BCUT2D eigenvalue weighted by molar-refractivity contribution is 5.92. The number of carbonyl (C=O) groups is 1. The van der Waals surface area contributed by atoms with E-state index in [4.69, 9.17) is 10.00 Å². The molecule has 0 saturated carbocycles. The molecule has 0 saturated heterocycles. The predicted octanol–water partition coefficient (Wildman–Crippen LogP) is 1.86. The molecular weight excluding hydrogens is 294 g/mol. The molecule has 0 aliphatic carbocycles. The summed E-state index contributed by atoms with van der Waals surface area (Å²) in [4.78, 5) is 11.8. The quantitative estimate of drug-likeness (QED) is 0.757. The first-order valence-corrected chi connectivity index (χ1v) is 7.11. The van der Waals surface area contributed by atoms with E-state index in [2.05, 4.69) is 26.9 Å². The van der Waals surface area contributed by atoms with Crippen LogP contribution in [0.25, 0.3) is 0 Å². The molecule has 2 aromatic rings. The summed E-state index contributed by atoms with van der Waals surface area (Å²) < 4.78 is 4.91. The van der Waals surface area contributed by atoms with Gasteiger partial charge >= 0.3 is 0 Å². The lowest BCUT2D eigenvalue weighted by molar-refractivity contribution is 0.0942. The maximum atomic E-state index is 11.8. The number of nitrogens with one attached hydrogen (secondary N) is 2. The van der Waals surface area contributed by atoms with E-state index in [1.807, 2.05) is 0 Å². The number of nitrogens with zero attached hydrogens (tertiary/aromatic N) is 3. The molecule has 0 aliphatic heterocycles. The van der Waals surface area contributed by atoms with Crippen molar-refractivity contribution in [3.05, 3.63) is 47.7 Å². The fraction of sp³-hybridized carbons (Fsp3) is 0.250. The maximum Gasteiger partial charge on any atom is 0.271 e. The Balaban J connectivity index is 1.90. The molecule has 1 aromatic carbocycles. The van der Waals surface area contributed by atoms with Crippen molar-refractivity contribution < 1.29 is 9.53 Å². The predicted molar refractivity (Wildman–Crippen MR) is 85.3 cm³/mol. The first kappa shape index (κ1) is 16.4. The number of methoxy groups -OCH3 is 1. The minimum absolute atomic E-state index is 0.257. The zero-order valence-corrected chi connectivity index (χ0v) is 12.7. The molecule has 0 atom stereocenters. The molecule has 0 fully saturated rings. The first-order chi connectivity index (χ1) is 11.2. The number of amides is 1. The summed E-state index contributed by atoms with van der Waals surface area (Å²) in [6.07, 6.45) is 0.744. The number of hydrogen-bond acceptors (Lipinski definition) is 6. The van der Waals surface area contributed by atoms with Crippen molar-refractivity contribution >= 4 is 17.4 Å². The van der Waals surface area contributed by atoms with Gasteiger partial charge in [-0.05, 0) is 42.8 Å². The average molecular weight is 311 g/mol. The molecule has 118 valence electrons. The van der Waals surface area contributed by atoms with Gasteiger partial charge in [-0.1, -0.05) is 0 Å². The van der Waals surface area contributed by atoms with Gasteiger partial charge in [-0.15, -0.1) is 10.2 Å². The molecule has 1 heterocycles. The number of carbonyl (C=O) groups excluding carboxylic acids is 1. The van der Waals surface area contributed by atoms with Crippen LogP contribution in [-0.4, -0.2) is 36.4 Å². The molecule has 1 aromatic heterocycles. The van der Waals surface area contributed by atoms with Crippen LogP contribution in [0.5, 0.6) is 0 Å². The lowest BCUT2D eigenvalue weighted by atomic mass is 10.2. The average Bonchev–Trinajstić information content (AvgIpc) is 2.60. The van der Waals surface area contributed by atoms with E-state index in [0.29, 0.717) is 24.5 Å². The van der Waals surface area contributed by atoms with Gasteiger partial charge in [0, 0.05) is 25.9 Å². The minimum Gasteiger partial charge on any atom is -0.385 e. The minimum atomic E-state index is -0.265. The number of aromatic nitrogens is 2. The van der Waals surface area contributed by atoms with Crippen molar-refractivity contribution in [2.45, 2.75) is 6.42 Å². The van der Waals surface area contributed by atoms with E-state index in [-0.39, 0.29) is 11.6 Å². The number of anilines is 2. The largest absolute Gasteiger partial charge is 0.385 e. The molecule has 0 aliphatic rings. The second kappa shape index (κ2) is 8.46. The Morgan fingerprint density at radius 1 is 1.22 bits per heavy atom. The first-order valence-electron chi connectivity index (χ1n) is 7.11. The summed E-state index contributed by atoms with van der Waals surface area (Å²) >= 11 is 0. The van der Waals surface area contributed by atoms with Gasteiger partial charge in [-0.3, -0.25) is 4.79 Å². The van der Waals surface area contributed by atoms with E-state index in [9.17, 15) is 4.79 Å². The lowest BCUT2D eigenvalue weighted by Gasteiger charge is -2.06. The van der Waals surface area contributed by atoms with E-state index < -0.39 is 0 Å². The van der Waals surface area contributed by atoms with Crippen LogP contribution < -0.4 is 10.6 Å². The Labute approximate surface area is 134 Å². The second-order valence-corrected chi connectivity index (χ2v) is 4.72. The van der Waals surface area contributed by atoms with Gasteiger partial charge in [-0.2, -0.15) is 5.26 Å². The molecule has 7 heteroatoms. The number of rotatable bonds is 7. The summed E-state index contributed by atoms with van der Waals surface area (Å²) in [5, 5.41) is 22.4. The molecule has 0 bridgehead atoms. The Hall–Kier alpha value is -2.98. The third-order valence-electron chi connectivity index (χ3n) is 2.99. The Kier molecular flexibility index (Phi) is 6.03. The zero-order valence-electron chi connectivity index (χ0n) is 12.7. The number of hydrogen-bond donors (Lipinski definition) is 2. The summed E-state index contributed by atoms with van der Waals surface area (Å²) in [5.41, 5.74) is 1.63. The monoisotopic (exact) mass is 311 g/mol. The fourth-order valence-corrected chi connectivity index (χ4v) is 1.81. The van der Waals surface area contributed by atoms with Crippen LogP contribution in [-0.2, 0) is 4.74 Å². The van der Waals surface area contributed by atoms with Gasteiger partial charge < -0.3 is 15.4 Å². The van der Waals surface area contributed by atoms with Crippen molar-refractivity contribution in [1.29, 1.82) is 5.26 Å². The normalized spacial score (nSPS) is 9.91. The summed E-state index contributed by atoms with van der Waals surface area (Å²) in [6, 6.07) is 12.3. The third-order valence-corrected chi connectivity index (χ3v) is 2.99. The van der Waals surface area contributed by atoms with Crippen LogP contribution in [0.1, 0.15) is 22.5 Å². The highest BCUT2D eigenvalue weighted by Crippen LogP contribution is 2.14. The van der Waals surface area contributed by atoms with Gasteiger partial charge in [0.2, 0.25) is 0 Å². The van der Waals surface area contributed by atoms with Crippen molar-refractivity contribution in [3.8, 4) is 6.07 Å². The van der Waals surface area contributed by atoms with Crippen molar-refractivity contribution in [2.75, 3.05) is 25.6 Å². The Bertz CT molecular complexity index is 677. The molecule has 0 radical (unpaired) electrons. The molecular formula is C16H17N5O2. The van der Waals surface area contributed by atoms with Crippen molar-refractivity contribution in [3.63, 3.8) is 0 Å². The van der Waals surface area contributed by atoms with Crippen LogP contribution in [0.4, 0.5) is 11.5 Å². The van der Waals surface area contributed by atoms with Crippen LogP contribution in [0, 0.1) is 11.3 Å². The molecule has 0 spiro atoms. The van der Waals surface area contributed by atoms with E-state index in [1.165, 1.54) is 0 Å². The molecule has 7 nitrogen and oxygen atoms in total. The summed E-state index contributed by atoms with van der Waals surface area (Å²) in [5.74, 6) is 0.254. The van der Waals surface area contributed by atoms with Crippen LogP contribution in [0.3, 0.4) is 0 Å². The molecule has 1 amide bonds. The number of benzene rings is 1. The number of ether oxygens (including phenoxy) is 1. The summed E-state index contributed by atoms with van der Waals surface area (Å²) in [7, 11) is 1.62. The SMILES string of the molecule is COCCCNC(=O)c1ccc(Nc2ccc(C#N)cc2)nn1. The van der Waals surface area contributed by atoms with Gasteiger partial charge in [-0.25, -0.2) is 0 Å². The van der Waals surface area contributed by atoms with E-state index in [1.54, 1.807) is 43.5 Å². The van der Waals surface area contributed by atoms with Gasteiger partial charge in [0.25, 0.3) is 5.91 Å². The van der Waals surface area contributed by atoms with Gasteiger partial charge in [0.15, 0.2) is 11.5 Å². The topological polar surface area (TPSA) is 99.9 Å². The Morgan fingerprint density at radius 2 is 2.00 bits per heavy atom. The van der Waals surface area contributed by atoms with E-state index >= 15 is 0 Å². The molecule has 2 rings (SSSR count). The summed E-state index contributed by atoms with van der Waals surface area (Å²) in [6.45, 7) is 1.12. The van der Waals surface area contributed by atoms with Gasteiger partial charge in [0.05, 0.1) is 11.6 Å². The maximum absolute atomic E-state index is 11.8. The third kappa shape index (κ3) is 5.05. The highest BCUT2D eigenvalue weighted by Gasteiger charge is 2.07. The van der Waals surface area contributed by atoms with Crippen LogP contribution in [0.2, 0.25) is 0 Å². The van der Waals surface area contributed by atoms with Crippen LogP contribution in [0.15, 0.2) is 36.4 Å². The molecule has 2 N–H and O–H groups in total. The Morgan fingerprint density at radius 3 is 2.61 bits per heavy atom. The fourth-order valence-electron chi connectivity index (χ4n) is 1.81.